The normalized spacial score (nSPS) is 13.0. The van der Waals surface area contributed by atoms with Crippen molar-refractivity contribution in [2.75, 3.05) is 13.2 Å². The molecular formula is C38H67O8P. The first-order valence-corrected chi connectivity index (χ1v) is 20.0. The van der Waals surface area contributed by atoms with E-state index < -0.39 is 32.5 Å². The lowest BCUT2D eigenvalue weighted by atomic mass is 10.0. The van der Waals surface area contributed by atoms with Crippen LogP contribution in [0.4, 0.5) is 0 Å². The summed E-state index contributed by atoms with van der Waals surface area (Å²) in [5.41, 5.74) is 0. The number of allylic oxidation sites excluding steroid dienone is 8. The number of unbranched alkanes of at least 4 members (excludes halogenated alkanes) is 15. The summed E-state index contributed by atoms with van der Waals surface area (Å²) in [6, 6.07) is 0. The number of carbonyl (C=O) groups excluding carboxylic acids is 2. The van der Waals surface area contributed by atoms with Gasteiger partial charge in [-0.2, -0.15) is 0 Å². The minimum atomic E-state index is -4.76. The van der Waals surface area contributed by atoms with Gasteiger partial charge in [-0.25, -0.2) is 4.57 Å². The molecule has 0 aliphatic heterocycles. The predicted molar refractivity (Wildman–Crippen MR) is 193 cm³/mol. The molecule has 0 aromatic carbocycles. The van der Waals surface area contributed by atoms with Crippen molar-refractivity contribution in [2.24, 2.45) is 0 Å². The number of phosphoric ester groups is 1. The number of hydrogen-bond acceptors (Lipinski definition) is 6. The Morgan fingerprint density at radius 2 is 1.02 bits per heavy atom. The van der Waals surface area contributed by atoms with E-state index in [2.05, 4.69) is 67.0 Å². The van der Waals surface area contributed by atoms with Crippen molar-refractivity contribution in [2.45, 2.75) is 168 Å². The first kappa shape index (κ1) is 45.0. The molecule has 272 valence electrons. The topological polar surface area (TPSA) is 119 Å². The van der Waals surface area contributed by atoms with Gasteiger partial charge in [-0.1, -0.05) is 146 Å². The van der Waals surface area contributed by atoms with E-state index >= 15 is 0 Å². The molecular weight excluding hydrogens is 615 g/mol. The summed E-state index contributed by atoms with van der Waals surface area (Å²) in [7, 11) is -4.76. The van der Waals surface area contributed by atoms with Gasteiger partial charge in [-0.3, -0.25) is 14.1 Å². The first-order chi connectivity index (χ1) is 22.8. The molecule has 0 amide bonds. The van der Waals surface area contributed by atoms with E-state index in [9.17, 15) is 14.2 Å². The summed E-state index contributed by atoms with van der Waals surface area (Å²) in [5, 5.41) is 0. The second kappa shape index (κ2) is 33.9. The maximum atomic E-state index is 12.3. The van der Waals surface area contributed by atoms with Gasteiger partial charge in [0, 0.05) is 12.8 Å². The Morgan fingerprint density at radius 3 is 1.53 bits per heavy atom. The zero-order valence-corrected chi connectivity index (χ0v) is 30.6. The van der Waals surface area contributed by atoms with Crippen LogP contribution in [0.3, 0.4) is 0 Å². The minimum Gasteiger partial charge on any atom is -0.462 e. The number of ether oxygens (including phenoxy) is 2. The van der Waals surface area contributed by atoms with Crippen LogP contribution in [0.5, 0.6) is 0 Å². The van der Waals surface area contributed by atoms with Crippen LogP contribution in [0.1, 0.15) is 162 Å². The molecule has 0 fully saturated rings. The number of hydrogen-bond donors (Lipinski definition) is 2. The van der Waals surface area contributed by atoms with E-state index in [4.69, 9.17) is 19.3 Å². The Kier molecular flexibility index (Phi) is 32.5. The zero-order chi connectivity index (χ0) is 34.7. The third kappa shape index (κ3) is 36.7. The Labute approximate surface area is 286 Å². The Bertz CT molecular complexity index is 905. The van der Waals surface area contributed by atoms with Crippen LogP contribution in [0, 0.1) is 0 Å². The highest BCUT2D eigenvalue weighted by Gasteiger charge is 2.22. The lowest BCUT2D eigenvalue weighted by Gasteiger charge is -2.18. The van der Waals surface area contributed by atoms with Crippen molar-refractivity contribution in [1.29, 1.82) is 0 Å². The molecule has 0 aromatic heterocycles. The molecule has 0 spiro atoms. The van der Waals surface area contributed by atoms with Crippen LogP contribution < -0.4 is 0 Å². The second-order valence-corrected chi connectivity index (χ2v) is 13.4. The van der Waals surface area contributed by atoms with Gasteiger partial charge in [-0.05, 0) is 51.4 Å². The van der Waals surface area contributed by atoms with E-state index in [1.165, 1.54) is 70.6 Å². The van der Waals surface area contributed by atoms with Crippen LogP contribution in [0.15, 0.2) is 48.6 Å². The molecule has 8 nitrogen and oxygen atoms in total. The summed E-state index contributed by atoms with van der Waals surface area (Å²) in [6.45, 7) is 3.52. The van der Waals surface area contributed by atoms with Crippen LogP contribution in [0.25, 0.3) is 0 Å². The van der Waals surface area contributed by atoms with E-state index in [1.807, 2.05) is 0 Å². The van der Waals surface area contributed by atoms with Gasteiger partial charge in [0.25, 0.3) is 0 Å². The summed E-state index contributed by atoms with van der Waals surface area (Å²) in [6.07, 6.45) is 39.8. The fourth-order valence-electron chi connectivity index (χ4n) is 4.89. The zero-order valence-electron chi connectivity index (χ0n) is 29.7. The molecule has 0 heterocycles. The number of rotatable bonds is 33. The highest BCUT2D eigenvalue weighted by molar-refractivity contribution is 7.46. The van der Waals surface area contributed by atoms with Crippen LogP contribution in [0.2, 0.25) is 0 Å². The Hall–Kier alpha value is -1.99. The highest BCUT2D eigenvalue weighted by atomic mass is 31.2. The molecule has 0 saturated heterocycles. The average molecular weight is 683 g/mol. The third-order valence-corrected chi connectivity index (χ3v) is 8.10. The summed E-state index contributed by atoms with van der Waals surface area (Å²) in [4.78, 5) is 42.6. The van der Waals surface area contributed by atoms with Crippen molar-refractivity contribution in [3.05, 3.63) is 48.6 Å². The van der Waals surface area contributed by atoms with Crippen LogP contribution in [-0.2, 0) is 28.2 Å². The molecule has 2 N–H and O–H groups in total. The van der Waals surface area contributed by atoms with Crippen molar-refractivity contribution in [3.63, 3.8) is 0 Å². The average Bonchev–Trinajstić information content (AvgIpc) is 3.03. The van der Waals surface area contributed by atoms with Gasteiger partial charge in [0.05, 0.1) is 6.61 Å². The fraction of sp³-hybridized carbons (Fsp3) is 0.737. The van der Waals surface area contributed by atoms with Gasteiger partial charge in [-0.15, -0.1) is 0 Å². The van der Waals surface area contributed by atoms with E-state index in [0.29, 0.717) is 6.42 Å². The molecule has 0 aliphatic rings. The monoisotopic (exact) mass is 682 g/mol. The quantitative estimate of drug-likeness (QED) is 0.0304. The molecule has 0 aliphatic carbocycles. The van der Waals surface area contributed by atoms with Crippen LogP contribution in [-0.4, -0.2) is 41.0 Å². The molecule has 0 bridgehead atoms. The van der Waals surface area contributed by atoms with Crippen molar-refractivity contribution < 1.29 is 37.9 Å². The van der Waals surface area contributed by atoms with Gasteiger partial charge in [0.2, 0.25) is 0 Å². The van der Waals surface area contributed by atoms with Crippen molar-refractivity contribution in [1.82, 2.24) is 0 Å². The minimum absolute atomic E-state index is 0.160. The molecule has 0 unspecified atom stereocenters. The van der Waals surface area contributed by atoms with Crippen molar-refractivity contribution >= 4 is 19.8 Å². The van der Waals surface area contributed by atoms with E-state index in [-0.39, 0.29) is 19.4 Å². The molecule has 1 atom stereocenters. The smallest absolute Gasteiger partial charge is 0.462 e. The molecule has 0 radical (unpaired) electrons. The largest absolute Gasteiger partial charge is 0.469 e. The molecule has 0 aromatic rings. The summed E-state index contributed by atoms with van der Waals surface area (Å²) in [5.74, 6) is -0.934. The Balaban J connectivity index is 4.05. The van der Waals surface area contributed by atoms with Gasteiger partial charge >= 0.3 is 19.8 Å². The first-order valence-electron chi connectivity index (χ1n) is 18.4. The fourth-order valence-corrected chi connectivity index (χ4v) is 5.25. The van der Waals surface area contributed by atoms with E-state index in [1.54, 1.807) is 0 Å². The summed E-state index contributed by atoms with van der Waals surface area (Å²) >= 11 is 0. The third-order valence-electron chi connectivity index (χ3n) is 7.61. The van der Waals surface area contributed by atoms with E-state index in [0.717, 1.165) is 57.8 Å². The Morgan fingerprint density at radius 1 is 0.574 bits per heavy atom. The standard InChI is InChI=1S/C38H67O8P/c1-3-5-7-9-11-13-15-17-19-21-23-25-27-29-31-33-38(40)46-36(35-45-47(41,42)43)34-44-37(39)32-30-28-26-24-22-20-18-16-14-12-10-8-6-4-2/h5,7,11,13,17,19,23,25,36H,3-4,6,8-10,12,14-16,18,20-22,24,26-35H2,1-2H3,(H2,41,42,43)/b7-5+,13-11+,19-17+,25-23+/t36-/m1/s1. The summed E-state index contributed by atoms with van der Waals surface area (Å²) < 4.78 is 26.2. The molecule has 47 heavy (non-hydrogen) atoms. The lowest BCUT2D eigenvalue weighted by Crippen LogP contribution is -2.29. The van der Waals surface area contributed by atoms with Crippen molar-refractivity contribution in [3.8, 4) is 0 Å². The predicted octanol–water partition coefficient (Wildman–Crippen LogP) is 10.8. The number of esters is 2. The lowest BCUT2D eigenvalue weighted by molar-refractivity contribution is -0.161. The molecule has 0 rings (SSSR count). The molecule has 0 saturated carbocycles. The van der Waals surface area contributed by atoms with Gasteiger partial charge < -0.3 is 19.3 Å². The second-order valence-electron chi connectivity index (χ2n) is 12.2. The SMILES string of the molecule is CC/C=C/C/C=C/C/C=C/C/C=C/CCCCC(=O)O[C@H](COC(=O)CCCCCCCCCCCCCCCC)COP(=O)(O)O. The highest BCUT2D eigenvalue weighted by Crippen LogP contribution is 2.36. The maximum Gasteiger partial charge on any atom is 0.469 e. The van der Waals surface area contributed by atoms with Gasteiger partial charge in [0.15, 0.2) is 6.10 Å². The van der Waals surface area contributed by atoms with Crippen LogP contribution >= 0.6 is 7.82 Å². The van der Waals surface area contributed by atoms with Gasteiger partial charge in [0.1, 0.15) is 6.61 Å². The molecule has 9 heteroatoms. The number of phosphoric acid groups is 1. The number of carbonyl (C=O) groups is 2. The maximum absolute atomic E-state index is 12.3.